The number of hydrogen-bond donors (Lipinski definition) is 2. The third-order valence-electron chi connectivity index (χ3n) is 3.98. The maximum atomic E-state index is 5.78. The zero-order chi connectivity index (χ0) is 13.1. The van der Waals surface area contributed by atoms with E-state index in [2.05, 4.69) is 38.7 Å². The molecule has 0 amide bonds. The van der Waals surface area contributed by atoms with E-state index in [0.717, 1.165) is 42.9 Å². The molecule has 0 saturated carbocycles. The first kappa shape index (κ1) is 13.4. The Bertz CT molecular complexity index is 442. The van der Waals surface area contributed by atoms with Gasteiger partial charge in [-0.15, -0.1) is 0 Å². The molecule has 0 bridgehead atoms. The van der Waals surface area contributed by atoms with Crippen molar-refractivity contribution in [1.82, 2.24) is 10.6 Å². The van der Waals surface area contributed by atoms with E-state index >= 15 is 0 Å². The molecular formula is C15H21BrN2O. The minimum atomic E-state index is 0.631. The molecule has 1 saturated heterocycles. The smallest absolute Gasteiger partial charge is 0.127 e. The summed E-state index contributed by atoms with van der Waals surface area (Å²) in [5.74, 6) is 1.11. The molecule has 0 aromatic heterocycles. The summed E-state index contributed by atoms with van der Waals surface area (Å²) in [6.07, 6.45) is 4.79. The Morgan fingerprint density at radius 2 is 2.26 bits per heavy atom. The van der Waals surface area contributed by atoms with Gasteiger partial charge in [0.1, 0.15) is 5.75 Å². The molecule has 1 unspecified atom stereocenters. The van der Waals surface area contributed by atoms with Gasteiger partial charge in [-0.05, 0) is 50.0 Å². The van der Waals surface area contributed by atoms with Crippen LogP contribution in [-0.4, -0.2) is 25.7 Å². The van der Waals surface area contributed by atoms with Gasteiger partial charge in [-0.25, -0.2) is 0 Å². The molecule has 2 N–H and O–H groups in total. The second kappa shape index (κ2) is 6.25. The molecule has 3 nitrogen and oxygen atoms in total. The zero-order valence-corrected chi connectivity index (χ0v) is 12.8. The monoisotopic (exact) mass is 324 g/mol. The minimum Gasteiger partial charge on any atom is -0.493 e. The fourth-order valence-corrected chi connectivity index (χ4v) is 3.51. The molecule has 2 heterocycles. The lowest BCUT2D eigenvalue weighted by Gasteiger charge is -2.17. The van der Waals surface area contributed by atoms with Crippen molar-refractivity contribution in [3.63, 3.8) is 0 Å². The highest BCUT2D eigenvalue weighted by atomic mass is 79.9. The number of hydrogen-bond acceptors (Lipinski definition) is 3. The highest BCUT2D eigenvalue weighted by Crippen LogP contribution is 2.33. The maximum Gasteiger partial charge on any atom is 0.127 e. The Balaban J connectivity index is 1.66. The predicted molar refractivity (Wildman–Crippen MR) is 80.7 cm³/mol. The van der Waals surface area contributed by atoms with Gasteiger partial charge in [-0.1, -0.05) is 15.9 Å². The second-order valence-electron chi connectivity index (χ2n) is 5.41. The summed E-state index contributed by atoms with van der Waals surface area (Å²) in [5, 5.41) is 7.15. The Labute approximate surface area is 123 Å². The zero-order valence-electron chi connectivity index (χ0n) is 11.2. The minimum absolute atomic E-state index is 0.631. The number of benzene rings is 1. The van der Waals surface area contributed by atoms with Gasteiger partial charge in [-0.2, -0.15) is 0 Å². The van der Waals surface area contributed by atoms with E-state index in [1.165, 1.54) is 30.4 Å². The van der Waals surface area contributed by atoms with Gasteiger partial charge >= 0.3 is 0 Å². The van der Waals surface area contributed by atoms with Crippen LogP contribution in [0.25, 0.3) is 0 Å². The van der Waals surface area contributed by atoms with E-state index in [-0.39, 0.29) is 0 Å². The number of nitrogens with one attached hydrogen (secondary N) is 2. The maximum absolute atomic E-state index is 5.78. The van der Waals surface area contributed by atoms with Gasteiger partial charge in [0.15, 0.2) is 0 Å². The van der Waals surface area contributed by atoms with Crippen LogP contribution in [0.5, 0.6) is 5.75 Å². The molecular weight excluding hydrogens is 304 g/mol. The summed E-state index contributed by atoms with van der Waals surface area (Å²) in [5.41, 5.74) is 2.63. The topological polar surface area (TPSA) is 33.3 Å². The molecule has 104 valence electrons. The Kier molecular flexibility index (Phi) is 4.41. The van der Waals surface area contributed by atoms with Crippen molar-refractivity contribution in [3.05, 3.63) is 27.7 Å². The average molecular weight is 325 g/mol. The van der Waals surface area contributed by atoms with E-state index in [9.17, 15) is 0 Å². The van der Waals surface area contributed by atoms with Gasteiger partial charge in [0.05, 0.1) is 6.61 Å². The van der Waals surface area contributed by atoms with Gasteiger partial charge in [0.2, 0.25) is 0 Å². The van der Waals surface area contributed by atoms with Crippen LogP contribution in [0.15, 0.2) is 16.6 Å². The van der Waals surface area contributed by atoms with Crippen molar-refractivity contribution >= 4 is 15.9 Å². The first-order chi connectivity index (χ1) is 9.33. The van der Waals surface area contributed by atoms with E-state index < -0.39 is 0 Å². The molecule has 0 radical (unpaired) electrons. The largest absolute Gasteiger partial charge is 0.493 e. The quantitative estimate of drug-likeness (QED) is 0.896. The molecule has 1 aromatic rings. The number of fused-ring (bicyclic) bond motifs is 1. The highest BCUT2D eigenvalue weighted by Gasteiger charge is 2.18. The Morgan fingerprint density at radius 1 is 1.32 bits per heavy atom. The average Bonchev–Trinajstić information content (AvgIpc) is 2.71. The lowest BCUT2D eigenvalue weighted by molar-refractivity contribution is 0.350. The SMILES string of the molecule is Brc1cc2c(c(CNC3CCCNCC3)c1)OCC2. The Morgan fingerprint density at radius 3 is 3.21 bits per heavy atom. The Hall–Kier alpha value is -0.580. The molecule has 3 rings (SSSR count). The summed E-state index contributed by atoms with van der Waals surface area (Å²) in [4.78, 5) is 0. The van der Waals surface area contributed by atoms with Crippen LogP contribution in [0.1, 0.15) is 30.4 Å². The highest BCUT2D eigenvalue weighted by molar-refractivity contribution is 9.10. The number of rotatable bonds is 3. The van der Waals surface area contributed by atoms with Crippen LogP contribution >= 0.6 is 15.9 Å². The van der Waals surface area contributed by atoms with Crippen LogP contribution < -0.4 is 15.4 Å². The normalized spacial score (nSPS) is 22.7. The van der Waals surface area contributed by atoms with Crippen LogP contribution in [0.4, 0.5) is 0 Å². The number of ether oxygens (including phenoxy) is 1. The lowest BCUT2D eigenvalue weighted by atomic mass is 10.1. The van der Waals surface area contributed by atoms with Crippen molar-refractivity contribution in [2.75, 3.05) is 19.7 Å². The summed E-state index contributed by atoms with van der Waals surface area (Å²) >= 11 is 3.60. The summed E-state index contributed by atoms with van der Waals surface area (Å²) in [6, 6.07) is 5.00. The third kappa shape index (κ3) is 3.30. The molecule has 1 fully saturated rings. The second-order valence-corrected chi connectivity index (χ2v) is 6.33. The first-order valence-corrected chi connectivity index (χ1v) is 8.00. The van der Waals surface area contributed by atoms with Crippen molar-refractivity contribution in [1.29, 1.82) is 0 Å². The van der Waals surface area contributed by atoms with Crippen LogP contribution in [0.2, 0.25) is 0 Å². The molecule has 0 spiro atoms. The van der Waals surface area contributed by atoms with Crippen LogP contribution in [-0.2, 0) is 13.0 Å². The predicted octanol–water partition coefficient (Wildman–Crippen LogP) is 2.62. The summed E-state index contributed by atoms with van der Waals surface area (Å²) in [6.45, 7) is 4.02. The van der Waals surface area contributed by atoms with Crippen molar-refractivity contribution in [3.8, 4) is 5.75 Å². The van der Waals surface area contributed by atoms with Crippen molar-refractivity contribution in [2.24, 2.45) is 0 Å². The summed E-state index contributed by atoms with van der Waals surface area (Å²) in [7, 11) is 0. The van der Waals surface area contributed by atoms with Crippen molar-refractivity contribution < 1.29 is 4.74 Å². The van der Waals surface area contributed by atoms with Gasteiger partial charge in [-0.3, -0.25) is 0 Å². The van der Waals surface area contributed by atoms with Crippen LogP contribution in [0, 0.1) is 0 Å². The summed E-state index contributed by atoms with van der Waals surface area (Å²) < 4.78 is 6.94. The standard InChI is InChI=1S/C15H21BrN2O/c16-13-8-11-4-7-19-15(11)12(9-13)10-18-14-2-1-5-17-6-3-14/h8-9,14,17-18H,1-7,10H2. The molecule has 0 aliphatic carbocycles. The molecule has 1 aromatic carbocycles. The van der Waals surface area contributed by atoms with E-state index in [1.807, 2.05) is 0 Å². The third-order valence-corrected chi connectivity index (χ3v) is 4.44. The first-order valence-electron chi connectivity index (χ1n) is 7.21. The fraction of sp³-hybridized carbons (Fsp3) is 0.600. The molecule has 2 aliphatic rings. The van der Waals surface area contributed by atoms with Crippen molar-refractivity contribution in [2.45, 2.75) is 38.3 Å². The van der Waals surface area contributed by atoms with E-state index in [4.69, 9.17) is 4.74 Å². The van der Waals surface area contributed by atoms with Crippen LogP contribution in [0.3, 0.4) is 0 Å². The van der Waals surface area contributed by atoms with Gasteiger partial charge < -0.3 is 15.4 Å². The fourth-order valence-electron chi connectivity index (χ4n) is 2.95. The number of halogens is 1. The van der Waals surface area contributed by atoms with Gasteiger partial charge in [0.25, 0.3) is 0 Å². The van der Waals surface area contributed by atoms with E-state index in [1.54, 1.807) is 0 Å². The van der Waals surface area contributed by atoms with Gasteiger partial charge in [0, 0.05) is 29.0 Å². The molecule has 4 heteroatoms. The lowest BCUT2D eigenvalue weighted by Crippen LogP contribution is -2.29. The molecule has 1 atom stereocenters. The molecule has 19 heavy (non-hydrogen) atoms. The van der Waals surface area contributed by atoms with E-state index in [0.29, 0.717) is 6.04 Å². The molecule has 2 aliphatic heterocycles.